The summed E-state index contributed by atoms with van der Waals surface area (Å²) in [6, 6.07) is 0. The predicted molar refractivity (Wildman–Crippen MR) is 41.3 cm³/mol. The first-order chi connectivity index (χ1) is 4.34. The molecule has 60 valence electrons. The van der Waals surface area contributed by atoms with Crippen molar-refractivity contribution in [3.05, 3.63) is 0 Å². The number of amides is 1. The van der Waals surface area contributed by atoms with Gasteiger partial charge in [-0.2, -0.15) is 0 Å². The zero-order chi connectivity index (χ0) is 8.36. The zero-order valence-corrected chi connectivity index (χ0v) is 7.89. The van der Waals surface area contributed by atoms with Crippen molar-refractivity contribution in [2.75, 3.05) is 0 Å². The number of hydrogen-bond donors (Lipinski definition) is 1. The summed E-state index contributed by atoms with van der Waals surface area (Å²) in [6.45, 7) is 8.19. The van der Waals surface area contributed by atoms with E-state index in [0.717, 1.165) is 0 Å². The molecular weight excluding hydrogens is 146 g/mol. The minimum absolute atomic E-state index is 0.0671. The van der Waals surface area contributed by atoms with Crippen LogP contribution in [0.1, 0.15) is 6.92 Å². The number of carbonyl (C=O) groups excluding carboxylic acids is 1. The van der Waals surface area contributed by atoms with Gasteiger partial charge in [0.15, 0.2) is 0 Å². The van der Waals surface area contributed by atoms with Gasteiger partial charge in [0.1, 0.15) is 6.09 Å². The van der Waals surface area contributed by atoms with Crippen molar-refractivity contribution >= 4 is 14.2 Å². The lowest BCUT2D eigenvalue weighted by molar-refractivity contribution is -0.251. The lowest BCUT2D eigenvalue weighted by Crippen LogP contribution is -2.52. The van der Waals surface area contributed by atoms with Crippen LogP contribution < -0.4 is 10.4 Å². The van der Waals surface area contributed by atoms with E-state index in [-0.39, 0.29) is 5.67 Å². The average Bonchev–Trinajstić information content (AvgIpc) is 1.60. The Kier molecular flexibility index (Phi) is 2.89. The Bertz CT molecular complexity index is 130. The first-order valence-corrected chi connectivity index (χ1v) is 6.89. The molecule has 1 unspecified atom stereocenters. The summed E-state index contributed by atoms with van der Waals surface area (Å²) in [6.07, 6.45) is -1.17. The number of nitrogens with one attached hydrogen (secondary N) is 1. The number of hydrogen-bond acceptors (Lipinski definition) is 2. The normalized spacial score (nSPS) is 14.4. The van der Waals surface area contributed by atoms with E-state index in [1.54, 1.807) is 0 Å². The molecule has 1 amide bonds. The van der Waals surface area contributed by atoms with Gasteiger partial charge < -0.3 is 15.2 Å². The molecule has 3 nitrogen and oxygen atoms in total. The molecule has 0 aliphatic rings. The zero-order valence-electron chi connectivity index (χ0n) is 6.89. The van der Waals surface area contributed by atoms with E-state index in [1.807, 2.05) is 6.92 Å². The molecule has 0 aromatic carbocycles. The fraction of sp³-hybridized carbons (Fsp3) is 0.833. The molecular formula is C6H14NO2Si-. The topological polar surface area (TPSA) is 52.2 Å². The van der Waals surface area contributed by atoms with Crippen molar-refractivity contribution in [1.82, 2.24) is 5.32 Å². The van der Waals surface area contributed by atoms with Crippen LogP contribution in [0.25, 0.3) is 0 Å². The van der Waals surface area contributed by atoms with Gasteiger partial charge in [-0.05, 0) is 6.92 Å². The minimum atomic E-state index is -1.36. The van der Waals surface area contributed by atoms with Crippen LogP contribution in [0.2, 0.25) is 19.6 Å². The van der Waals surface area contributed by atoms with Crippen molar-refractivity contribution in [2.24, 2.45) is 0 Å². The summed E-state index contributed by atoms with van der Waals surface area (Å²) >= 11 is 0. The molecule has 0 spiro atoms. The molecule has 4 heteroatoms. The number of carbonyl (C=O) groups is 1. The van der Waals surface area contributed by atoms with Gasteiger partial charge in [-0.3, -0.25) is 0 Å². The van der Waals surface area contributed by atoms with Crippen molar-refractivity contribution in [3.63, 3.8) is 0 Å². The molecule has 1 atom stereocenters. The second kappa shape index (κ2) is 3.05. The molecule has 0 saturated carbocycles. The quantitative estimate of drug-likeness (QED) is 0.586. The lowest BCUT2D eigenvalue weighted by atomic mass is 10.7. The largest absolute Gasteiger partial charge is 0.530 e. The second-order valence-corrected chi connectivity index (χ2v) is 9.12. The van der Waals surface area contributed by atoms with Gasteiger partial charge >= 0.3 is 0 Å². The van der Waals surface area contributed by atoms with E-state index in [0.29, 0.717) is 0 Å². The maximum absolute atomic E-state index is 10.1. The van der Waals surface area contributed by atoms with Gasteiger partial charge in [-0.15, -0.1) is 0 Å². The van der Waals surface area contributed by atoms with Gasteiger partial charge in [0.2, 0.25) is 0 Å². The molecule has 0 aromatic rings. The van der Waals surface area contributed by atoms with Crippen LogP contribution in [-0.4, -0.2) is 19.8 Å². The van der Waals surface area contributed by atoms with E-state index in [4.69, 9.17) is 0 Å². The van der Waals surface area contributed by atoms with Gasteiger partial charge in [0.05, 0.1) is 8.07 Å². The lowest BCUT2D eigenvalue weighted by Gasteiger charge is -2.27. The molecule has 0 heterocycles. The molecule has 10 heavy (non-hydrogen) atoms. The SMILES string of the molecule is CC(NC(=O)[O-])[Si](C)(C)C. The Morgan fingerprint density at radius 2 is 1.90 bits per heavy atom. The second-order valence-electron chi connectivity index (χ2n) is 3.52. The van der Waals surface area contributed by atoms with Gasteiger partial charge in [0, 0.05) is 5.67 Å². The summed E-state index contributed by atoms with van der Waals surface area (Å²) in [5.74, 6) is 0. The van der Waals surface area contributed by atoms with Crippen molar-refractivity contribution < 1.29 is 9.90 Å². The van der Waals surface area contributed by atoms with Crippen molar-refractivity contribution in [1.29, 1.82) is 0 Å². The summed E-state index contributed by atoms with van der Waals surface area (Å²) in [5.41, 5.74) is 0.0671. The van der Waals surface area contributed by atoms with Gasteiger partial charge in [-0.1, -0.05) is 19.6 Å². The highest BCUT2D eigenvalue weighted by molar-refractivity contribution is 6.77. The highest BCUT2D eigenvalue weighted by Gasteiger charge is 2.21. The Labute approximate surface area is 62.5 Å². The van der Waals surface area contributed by atoms with Crippen molar-refractivity contribution in [2.45, 2.75) is 32.2 Å². The van der Waals surface area contributed by atoms with Crippen LogP contribution in [0.5, 0.6) is 0 Å². The fourth-order valence-corrected chi connectivity index (χ4v) is 0.944. The van der Waals surface area contributed by atoms with Crippen LogP contribution in [0.3, 0.4) is 0 Å². The Morgan fingerprint density at radius 1 is 1.50 bits per heavy atom. The highest BCUT2D eigenvalue weighted by Crippen LogP contribution is 2.05. The van der Waals surface area contributed by atoms with E-state index in [9.17, 15) is 9.90 Å². The summed E-state index contributed by atoms with van der Waals surface area (Å²) < 4.78 is 0. The Balaban J connectivity index is 3.85. The molecule has 0 fully saturated rings. The first kappa shape index (κ1) is 9.49. The maximum Gasteiger partial charge on any atom is 0.134 e. The molecule has 0 aliphatic carbocycles. The van der Waals surface area contributed by atoms with Gasteiger partial charge in [-0.25, -0.2) is 0 Å². The fourth-order valence-electron chi connectivity index (χ4n) is 0.393. The molecule has 0 rings (SSSR count). The van der Waals surface area contributed by atoms with Crippen LogP contribution in [0, 0.1) is 0 Å². The maximum atomic E-state index is 10.1. The smallest absolute Gasteiger partial charge is 0.134 e. The van der Waals surface area contributed by atoms with Crippen molar-refractivity contribution in [3.8, 4) is 0 Å². The third-order valence-electron chi connectivity index (χ3n) is 1.63. The minimum Gasteiger partial charge on any atom is -0.530 e. The third-order valence-corrected chi connectivity index (χ3v) is 4.38. The third kappa shape index (κ3) is 3.50. The molecule has 1 N–H and O–H groups in total. The molecule has 0 bridgehead atoms. The van der Waals surface area contributed by atoms with E-state index in [2.05, 4.69) is 25.0 Å². The van der Waals surface area contributed by atoms with E-state index < -0.39 is 14.2 Å². The van der Waals surface area contributed by atoms with Gasteiger partial charge in [0.25, 0.3) is 0 Å². The van der Waals surface area contributed by atoms with E-state index >= 15 is 0 Å². The van der Waals surface area contributed by atoms with E-state index in [1.165, 1.54) is 0 Å². The summed E-state index contributed by atoms with van der Waals surface area (Å²) in [7, 11) is -1.36. The van der Waals surface area contributed by atoms with Crippen LogP contribution in [-0.2, 0) is 0 Å². The molecule has 0 radical (unpaired) electrons. The summed E-state index contributed by atoms with van der Waals surface area (Å²) in [4.78, 5) is 10.1. The summed E-state index contributed by atoms with van der Waals surface area (Å²) in [5, 5.41) is 12.4. The van der Waals surface area contributed by atoms with Crippen LogP contribution in [0.4, 0.5) is 4.79 Å². The Hall–Kier alpha value is -0.513. The number of carboxylic acid groups (broad SMARTS) is 1. The van der Waals surface area contributed by atoms with Crippen LogP contribution in [0.15, 0.2) is 0 Å². The monoisotopic (exact) mass is 160 g/mol. The molecule has 0 aromatic heterocycles. The average molecular weight is 160 g/mol. The Morgan fingerprint density at radius 3 is 2.00 bits per heavy atom. The number of rotatable bonds is 2. The standard InChI is InChI=1S/C6H15NO2Si/c1-5(7-6(8)9)10(2,3)4/h5,7H,1-4H3,(H,8,9)/p-1. The molecule has 0 saturated heterocycles. The first-order valence-electron chi connectivity index (χ1n) is 3.31. The highest BCUT2D eigenvalue weighted by atomic mass is 28.3. The predicted octanol–water partition coefficient (Wildman–Crippen LogP) is 0.185. The van der Waals surface area contributed by atoms with Crippen LogP contribution >= 0.6 is 0 Å². The molecule has 0 aliphatic heterocycles.